The van der Waals surface area contributed by atoms with Crippen molar-refractivity contribution in [3.8, 4) is 0 Å². The topological polar surface area (TPSA) is 24.1 Å². The van der Waals surface area contributed by atoms with Crippen molar-refractivity contribution in [1.82, 2.24) is 10.6 Å². The largest absolute Gasteiger partial charge is 0.370 e. The van der Waals surface area contributed by atoms with Crippen LogP contribution >= 0.6 is 0 Å². The first-order chi connectivity index (χ1) is 6.93. The predicted molar refractivity (Wildman–Crippen MR) is 61.7 cm³/mol. The van der Waals surface area contributed by atoms with Crippen LogP contribution in [0.1, 0.15) is 45.4 Å². The molecule has 0 saturated carbocycles. The van der Waals surface area contributed by atoms with E-state index in [9.17, 15) is 0 Å². The highest BCUT2D eigenvalue weighted by molar-refractivity contribution is 4.90. The molecule has 0 aliphatic carbocycles. The molecule has 0 saturated heterocycles. The average Bonchev–Trinajstić information content (AvgIpc) is 2.69. The second kappa shape index (κ2) is 7.48. The van der Waals surface area contributed by atoms with Gasteiger partial charge in [-0.05, 0) is 32.1 Å². The molecule has 0 unspecified atom stereocenters. The summed E-state index contributed by atoms with van der Waals surface area (Å²) in [4.78, 5) is 0. The Kier molecular flexibility index (Phi) is 5.96. The van der Waals surface area contributed by atoms with Crippen LogP contribution in [0.2, 0.25) is 0 Å². The van der Waals surface area contributed by atoms with Gasteiger partial charge in [0.25, 0.3) is 0 Å². The SMILES string of the molecule is CCC/C=C/CCCCC1NC=CN1. The zero-order valence-corrected chi connectivity index (χ0v) is 9.13. The summed E-state index contributed by atoms with van der Waals surface area (Å²) < 4.78 is 0. The van der Waals surface area contributed by atoms with Crippen LogP contribution < -0.4 is 10.6 Å². The Balaban J connectivity index is 1.84. The van der Waals surface area contributed by atoms with Crippen LogP contribution in [0.4, 0.5) is 0 Å². The van der Waals surface area contributed by atoms with E-state index in [0.717, 1.165) is 0 Å². The molecule has 2 N–H and O–H groups in total. The van der Waals surface area contributed by atoms with Gasteiger partial charge in [0.1, 0.15) is 0 Å². The molecular weight excluding hydrogens is 172 g/mol. The molecule has 1 heterocycles. The quantitative estimate of drug-likeness (QED) is 0.481. The summed E-state index contributed by atoms with van der Waals surface area (Å²) in [5.74, 6) is 0. The van der Waals surface area contributed by atoms with Crippen molar-refractivity contribution in [1.29, 1.82) is 0 Å². The first kappa shape index (κ1) is 11.2. The molecule has 0 amide bonds. The molecule has 0 spiro atoms. The van der Waals surface area contributed by atoms with E-state index in [1.54, 1.807) is 0 Å². The standard InChI is InChI=1S/C12H22N2/c1-2-3-4-5-6-7-8-9-12-13-10-11-14-12/h4-5,10-14H,2-3,6-9H2,1H3/b5-4+. The summed E-state index contributed by atoms with van der Waals surface area (Å²) in [5.41, 5.74) is 0. The number of rotatable bonds is 7. The number of hydrogen-bond acceptors (Lipinski definition) is 2. The van der Waals surface area contributed by atoms with Gasteiger partial charge in [0, 0.05) is 12.4 Å². The van der Waals surface area contributed by atoms with Gasteiger partial charge in [-0.2, -0.15) is 0 Å². The molecule has 2 heteroatoms. The third-order valence-electron chi connectivity index (χ3n) is 2.41. The number of unbranched alkanes of at least 4 members (excludes halogenated alkanes) is 3. The van der Waals surface area contributed by atoms with E-state index in [-0.39, 0.29) is 0 Å². The normalized spacial score (nSPS) is 16.1. The Bertz CT molecular complexity index is 177. The first-order valence-electron chi connectivity index (χ1n) is 5.75. The van der Waals surface area contributed by atoms with Crippen LogP contribution in [0.25, 0.3) is 0 Å². The van der Waals surface area contributed by atoms with Crippen molar-refractivity contribution < 1.29 is 0 Å². The summed E-state index contributed by atoms with van der Waals surface area (Å²) in [5, 5.41) is 6.52. The van der Waals surface area contributed by atoms with Gasteiger partial charge in [-0.25, -0.2) is 0 Å². The van der Waals surface area contributed by atoms with Crippen LogP contribution in [0.5, 0.6) is 0 Å². The molecular formula is C12H22N2. The lowest BCUT2D eigenvalue weighted by Gasteiger charge is -2.10. The molecule has 0 aromatic heterocycles. The van der Waals surface area contributed by atoms with Crippen LogP contribution in [0.15, 0.2) is 24.6 Å². The lowest BCUT2D eigenvalue weighted by atomic mass is 10.1. The monoisotopic (exact) mass is 194 g/mol. The Labute approximate surface area is 87.5 Å². The van der Waals surface area contributed by atoms with Crippen molar-refractivity contribution in [3.05, 3.63) is 24.6 Å². The number of nitrogens with one attached hydrogen (secondary N) is 2. The maximum absolute atomic E-state index is 3.26. The van der Waals surface area contributed by atoms with Gasteiger partial charge in [-0.15, -0.1) is 0 Å². The maximum atomic E-state index is 3.26. The van der Waals surface area contributed by atoms with Crippen molar-refractivity contribution in [2.45, 2.75) is 51.6 Å². The fraction of sp³-hybridized carbons (Fsp3) is 0.667. The van der Waals surface area contributed by atoms with E-state index in [1.165, 1.54) is 38.5 Å². The summed E-state index contributed by atoms with van der Waals surface area (Å²) in [6.45, 7) is 2.22. The second-order valence-electron chi connectivity index (χ2n) is 3.76. The molecule has 1 aliphatic heterocycles. The molecule has 0 aromatic rings. The molecule has 0 atom stereocenters. The minimum Gasteiger partial charge on any atom is -0.370 e. The zero-order chi connectivity index (χ0) is 10.1. The van der Waals surface area contributed by atoms with Gasteiger partial charge in [0.15, 0.2) is 0 Å². The fourth-order valence-electron chi connectivity index (χ4n) is 1.56. The van der Waals surface area contributed by atoms with Gasteiger partial charge >= 0.3 is 0 Å². The molecule has 0 fully saturated rings. The third-order valence-corrected chi connectivity index (χ3v) is 2.41. The lowest BCUT2D eigenvalue weighted by Crippen LogP contribution is -2.30. The van der Waals surface area contributed by atoms with Crippen molar-refractivity contribution in [2.24, 2.45) is 0 Å². The summed E-state index contributed by atoms with van der Waals surface area (Å²) >= 11 is 0. The van der Waals surface area contributed by atoms with Crippen LogP contribution in [-0.2, 0) is 0 Å². The van der Waals surface area contributed by atoms with Gasteiger partial charge in [-0.1, -0.05) is 25.5 Å². The molecule has 2 nitrogen and oxygen atoms in total. The van der Waals surface area contributed by atoms with E-state index in [0.29, 0.717) is 6.17 Å². The van der Waals surface area contributed by atoms with E-state index in [4.69, 9.17) is 0 Å². The number of allylic oxidation sites excluding steroid dienone is 2. The predicted octanol–water partition coefficient (Wildman–Crippen LogP) is 2.89. The summed E-state index contributed by atoms with van der Waals surface area (Å²) in [7, 11) is 0. The van der Waals surface area contributed by atoms with Crippen molar-refractivity contribution in [3.63, 3.8) is 0 Å². The Morgan fingerprint density at radius 1 is 1.07 bits per heavy atom. The Morgan fingerprint density at radius 2 is 1.79 bits per heavy atom. The zero-order valence-electron chi connectivity index (χ0n) is 9.13. The third kappa shape index (κ3) is 4.95. The van der Waals surface area contributed by atoms with Gasteiger partial charge in [-0.3, -0.25) is 0 Å². The summed E-state index contributed by atoms with van der Waals surface area (Å²) in [6, 6.07) is 0. The second-order valence-corrected chi connectivity index (χ2v) is 3.76. The highest BCUT2D eigenvalue weighted by Crippen LogP contribution is 2.05. The van der Waals surface area contributed by atoms with Gasteiger partial charge in [0.05, 0.1) is 6.17 Å². The summed E-state index contributed by atoms with van der Waals surface area (Å²) in [6.07, 6.45) is 16.6. The average molecular weight is 194 g/mol. The van der Waals surface area contributed by atoms with Crippen LogP contribution in [0, 0.1) is 0 Å². The molecule has 0 bridgehead atoms. The van der Waals surface area contributed by atoms with Crippen molar-refractivity contribution >= 4 is 0 Å². The Hall–Kier alpha value is -0.920. The minimum absolute atomic E-state index is 0.481. The van der Waals surface area contributed by atoms with E-state index in [1.807, 2.05) is 12.4 Å². The molecule has 0 radical (unpaired) electrons. The van der Waals surface area contributed by atoms with Gasteiger partial charge in [0.2, 0.25) is 0 Å². The highest BCUT2D eigenvalue weighted by Gasteiger charge is 2.05. The van der Waals surface area contributed by atoms with Crippen molar-refractivity contribution in [2.75, 3.05) is 0 Å². The van der Waals surface area contributed by atoms with Crippen LogP contribution in [0.3, 0.4) is 0 Å². The number of hydrogen-bond donors (Lipinski definition) is 2. The van der Waals surface area contributed by atoms with E-state index in [2.05, 4.69) is 29.7 Å². The highest BCUT2D eigenvalue weighted by atomic mass is 15.1. The Morgan fingerprint density at radius 3 is 2.50 bits per heavy atom. The molecule has 1 rings (SSSR count). The minimum atomic E-state index is 0.481. The molecule has 1 aliphatic rings. The van der Waals surface area contributed by atoms with E-state index >= 15 is 0 Å². The lowest BCUT2D eigenvalue weighted by molar-refractivity contribution is 0.498. The van der Waals surface area contributed by atoms with Crippen LogP contribution in [-0.4, -0.2) is 6.17 Å². The first-order valence-corrected chi connectivity index (χ1v) is 5.75. The smallest absolute Gasteiger partial charge is 0.0955 e. The molecule has 80 valence electrons. The molecule has 14 heavy (non-hydrogen) atoms. The fourth-order valence-corrected chi connectivity index (χ4v) is 1.56. The maximum Gasteiger partial charge on any atom is 0.0955 e. The molecule has 0 aromatic carbocycles. The van der Waals surface area contributed by atoms with E-state index < -0.39 is 0 Å². The van der Waals surface area contributed by atoms with Gasteiger partial charge < -0.3 is 10.6 Å².